The summed E-state index contributed by atoms with van der Waals surface area (Å²) in [5.41, 5.74) is 0.805. The molecule has 1 aromatic carbocycles. The van der Waals surface area contributed by atoms with Crippen LogP contribution in [0.25, 0.3) is 0 Å². The van der Waals surface area contributed by atoms with Crippen LogP contribution in [0.5, 0.6) is 0 Å². The predicted molar refractivity (Wildman–Crippen MR) is 68.6 cm³/mol. The van der Waals surface area contributed by atoms with Crippen LogP contribution in [0.3, 0.4) is 0 Å². The molecule has 7 heteroatoms. The number of H-pyrrole nitrogens is 1. The molecule has 1 unspecified atom stereocenters. The molecule has 1 aliphatic rings. The Balaban J connectivity index is 1.79. The van der Waals surface area contributed by atoms with E-state index in [4.69, 9.17) is 0 Å². The van der Waals surface area contributed by atoms with Crippen LogP contribution in [-0.2, 0) is 0 Å². The maximum atomic E-state index is 13.8. The van der Waals surface area contributed by atoms with Gasteiger partial charge in [0.25, 0.3) is 5.91 Å². The van der Waals surface area contributed by atoms with Crippen LogP contribution in [0.4, 0.5) is 4.39 Å². The zero-order chi connectivity index (χ0) is 14.1. The third-order valence-corrected chi connectivity index (χ3v) is 3.64. The Hall–Kier alpha value is -2.31. The van der Waals surface area contributed by atoms with Gasteiger partial charge in [0, 0.05) is 19.0 Å². The van der Waals surface area contributed by atoms with E-state index in [0.29, 0.717) is 24.5 Å². The first kappa shape index (κ1) is 12.7. The van der Waals surface area contributed by atoms with Gasteiger partial charge in [0.05, 0.1) is 5.56 Å². The lowest BCUT2D eigenvalue weighted by Crippen LogP contribution is -2.30. The number of amides is 1. The number of carbonyl (C=O) groups is 1. The summed E-state index contributed by atoms with van der Waals surface area (Å²) in [5.74, 6) is -0.0834. The fourth-order valence-corrected chi connectivity index (χ4v) is 2.56. The van der Waals surface area contributed by atoms with Crippen molar-refractivity contribution in [2.45, 2.75) is 19.3 Å². The first-order chi connectivity index (χ1) is 9.66. The molecule has 104 valence electrons. The molecule has 0 spiro atoms. The number of aryl methyl sites for hydroxylation is 1. The lowest BCUT2D eigenvalue weighted by Gasteiger charge is -2.17. The Bertz CT molecular complexity index is 607. The van der Waals surface area contributed by atoms with E-state index in [1.54, 1.807) is 24.0 Å². The Kier molecular flexibility index (Phi) is 3.17. The van der Waals surface area contributed by atoms with Crippen LogP contribution in [0.2, 0.25) is 0 Å². The average molecular weight is 275 g/mol. The second kappa shape index (κ2) is 4.99. The van der Waals surface area contributed by atoms with Crippen molar-refractivity contribution in [3.05, 3.63) is 41.0 Å². The molecule has 0 bridgehead atoms. The maximum Gasteiger partial charge on any atom is 0.257 e. The van der Waals surface area contributed by atoms with Crippen molar-refractivity contribution in [3.63, 3.8) is 0 Å². The van der Waals surface area contributed by atoms with E-state index in [0.717, 1.165) is 6.42 Å². The van der Waals surface area contributed by atoms with Crippen LogP contribution < -0.4 is 0 Å². The number of likely N-dealkylation sites (tertiary alicyclic amines) is 1. The monoisotopic (exact) mass is 275 g/mol. The van der Waals surface area contributed by atoms with Crippen molar-refractivity contribution in [2.75, 3.05) is 13.1 Å². The van der Waals surface area contributed by atoms with E-state index >= 15 is 0 Å². The van der Waals surface area contributed by atoms with Crippen LogP contribution in [0, 0.1) is 12.7 Å². The lowest BCUT2D eigenvalue weighted by molar-refractivity contribution is 0.0785. The summed E-state index contributed by atoms with van der Waals surface area (Å²) in [7, 11) is 0. The summed E-state index contributed by atoms with van der Waals surface area (Å²) >= 11 is 0. The topological polar surface area (TPSA) is 74.8 Å². The molecule has 1 atom stereocenters. The van der Waals surface area contributed by atoms with Crippen LogP contribution in [0.15, 0.2) is 18.2 Å². The molecule has 1 aromatic heterocycles. The third-order valence-electron chi connectivity index (χ3n) is 3.64. The van der Waals surface area contributed by atoms with Crippen LogP contribution >= 0.6 is 0 Å². The second-order valence-corrected chi connectivity index (χ2v) is 4.94. The summed E-state index contributed by atoms with van der Waals surface area (Å²) < 4.78 is 13.8. The molecule has 1 N–H and O–H groups in total. The SMILES string of the molecule is Cc1cccc(F)c1C(=O)N1CCC(c2nn[nH]n2)C1. The van der Waals surface area contributed by atoms with Crippen molar-refractivity contribution in [3.8, 4) is 0 Å². The zero-order valence-corrected chi connectivity index (χ0v) is 11.0. The Morgan fingerprint density at radius 1 is 1.50 bits per heavy atom. The maximum absolute atomic E-state index is 13.8. The first-order valence-corrected chi connectivity index (χ1v) is 6.44. The van der Waals surface area contributed by atoms with Gasteiger partial charge < -0.3 is 4.90 Å². The van der Waals surface area contributed by atoms with Gasteiger partial charge in [0.15, 0.2) is 5.82 Å². The molecule has 6 nitrogen and oxygen atoms in total. The molecule has 1 saturated heterocycles. The number of carbonyl (C=O) groups excluding carboxylic acids is 1. The standard InChI is InChI=1S/C13H14FN5O/c1-8-3-2-4-10(14)11(8)13(20)19-6-5-9(7-19)12-15-17-18-16-12/h2-4,9H,5-7H2,1H3,(H,15,16,17,18). The molecule has 0 saturated carbocycles. The number of rotatable bonds is 2. The predicted octanol–water partition coefficient (Wildman–Crippen LogP) is 1.28. The molecule has 2 heterocycles. The molecular formula is C13H14FN5O. The van der Waals surface area contributed by atoms with E-state index in [1.165, 1.54) is 6.07 Å². The highest BCUT2D eigenvalue weighted by molar-refractivity contribution is 5.96. The number of hydrogen-bond acceptors (Lipinski definition) is 4. The van der Waals surface area contributed by atoms with E-state index in [2.05, 4.69) is 20.6 Å². The fourth-order valence-electron chi connectivity index (χ4n) is 2.56. The van der Waals surface area contributed by atoms with Gasteiger partial charge in [-0.1, -0.05) is 17.3 Å². The largest absolute Gasteiger partial charge is 0.338 e. The molecule has 0 radical (unpaired) electrons. The van der Waals surface area contributed by atoms with Crippen LogP contribution in [-0.4, -0.2) is 44.5 Å². The molecule has 2 aromatic rings. The van der Waals surface area contributed by atoms with Crippen molar-refractivity contribution in [1.82, 2.24) is 25.5 Å². The molecule has 20 heavy (non-hydrogen) atoms. The summed E-state index contributed by atoms with van der Waals surface area (Å²) in [5, 5.41) is 13.8. The summed E-state index contributed by atoms with van der Waals surface area (Å²) in [4.78, 5) is 14.1. The number of benzene rings is 1. The zero-order valence-electron chi connectivity index (χ0n) is 11.0. The van der Waals surface area contributed by atoms with E-state index in [1.807, 2.05) is 0 Å². The minimum Gasteiger partial charge on any atom is -0.338 e. The van der Waals surface area contributed by atoms with E-state index < -0.39 is 5.82 Å². The highest BCUT2D eigenvalue weighted by Crippen LogP contribution is 2.26. The number of tetrazole rings is 1. The third kappa shape index (κ3) is 2.15. The number of halogens is 1. The van der Waals surface area contributed by atoms with Gasteiger partial charge in [0.2, 0.25) is 0 Å². The normalized spacial score (nSPS) is 18.5. The molecule has 1 fully saturated rings. The average Bonchev–Trinajstić information content (AvgIpc) is 3.09. The molecular weight excluding hydrogens is 261 g/mol. The summed E-state index contributed by atoms with van der Waals surface area (Å²) in [6, 6.07) is 4.66. The summed E-state index contributed by atoms with van der Waals surface area (Å²) in [6.07, 6.45) is 0.763. The minimum atomic E-state index is -0.474. The quantitative estimate of drug-likeness (QED) is 0.895. The highest BCUT2D eigenvalue weighted by Gasteiger charge is 2.31. The number of aromatic nitrogens is 4. The summed E-state index contributed by atoms with van der Waals surface area (Å²) in [6.45, 7) is 2.81. The van der Waals surface area contributed by atoms with Gasteiger partial charge in [-0.2, -0.15) is 5.21 Å². The highest BCUT2D eigenvalue weighted by atomic mass is 19.1. The van der Waals surface area contributed by atoms with Crippen LogP contribution in [0.1, 0.15) is 34.1 Å². The van der Waals surface area contributed by atoms with Gasteiger partial charge in [-0.05, 0) is 25.0 Å². The fraction of sp³-hybridized carbons (Fsp3) is 0.385. The molecule has 1 aliphatic heterocycles. The Morgan fingerprint density at radius 2 is 2.35 bits per heavy atom. The van der Waals surface area contributed by atoms with Crippen molar-refractivity contribution in [2.24, 2.45) is 0 Å². The number of nitrogens with one attached hydrogen (secondary N) is 1. The lowest BCUT2D eigenvalue weighted by atomic mass is 10.1. The smallest absolute Gasteiger partial charge is 0.257 e. The van der Waals surface area contributed by atoms with Gasteiger partial charge in [-0.25, -0.2) is 4.39 Å². The number of hydrogen-bond donors (Lipinski definition) is 1. The first-order valence-electron chi connectivity index (χ1n) is 6.44. The minimum absolute atomic E-state index is 0.0600. The van der Waals surface area contributed by atoms with Gasteiger partial charge in [-0.15, -0.1) is 10.2 Å². The van der Waals surface area contributed by atoms with Crippen molar-refractivity contribution < 1.29 is 9.18 Å². The van der Waals surface area contributed by atoms with Gasteiger partial charge >= 0.3 is 0 Å². The van der Waals surface area contributed by atoms with Gasteiger partial charge in [-0.3, -0.25) is 4.79 Å². The molecule has 3 rings (SSSR count). The second-order valence-electron chi connectivity index (χ2n) is 4.94. The molecule has 1 amide bonds. The molecule has 0 aliphatic carbocycles. The van der Waals surface area contributed by atoms with E-state index in [9.17, 15) is 9.18 Å². The number of nitrogens with zero attached hydrogens (tertiary/aromatic N) is 4. The van der Waals surface area contributed by atoms with Gasteiger partial charge in [0.1, 0.15) is 5.82 Å². The van der Waals surface area contributed by atoms with Crippen molar-refractivity contribution in [1.29, 1.82) is 0 Å². The van der Waals surface area contributed by atoms with Crippen molar-refractivity contribution >= 4 is 5.91 Å². The van der Waals surface area contributed by atoms with E-state index in [-0.39, 0.29) is 17.4 Å². The number of aromatic amines is 1. The Labute approximate surface area is 115 Å². The Morgan fingerprint density at radius 3 is 3.05 bits per heavy atom.